The number of nitrogens with zero attached hydrogens (tertiary/aromatic N) is 1. The minimum atomic E-state index is 0.162. The molecule has 0 radical (unpaired) electrons. The fraction of sp³-hybridized carbons (Fsp3) is 0.800. The SMILES string of the molecule is CCNC1(c2nc(CC)c(C)s2)CCCC(C)C1. The number of rotatable bonds is 4. The van der Waals surface area contributed by atoms with Gasteiger partial charge in [0.05, 0.1) is 11.2 Å². The molecule has 1 fully saturated rings. The molecule has 0 spiro atoms. The largest absolute Gasteiger partial charge is 0.306 e. The highest BCUT2D eigenvalue weighted by Gasteiger charge is 2.38. The number of hydrogen-bond donors (Lipinski definition) is 1. The van der Waals surface area contributed by atoms with E-state index >= 15 is 0 Å². The molecule has 2 atom stereocenters. The van der Waals surface area contributed by atoms with Crippen molar-refractivity contribution in [1.29, 1.82) is 0 Å². The van der Waals surface area contributed by atoms with Crippen LogP contribution in [0.1, 0.15) is 62.0 Å². The molecule has 3 heteroatoms. The van der Waals surface area contributed by atoms with Gasteiger partial charge in [0.15, 0.2) is 0 Å². The van der Waals surface area contributed by atoms with Crippen molar-refractivity contribution in [2.75, 3.05) is 6.54 Å². The van der Waals surface area contributed by atoms with Crippen LogP contribution < -0.4 is 5.32 Å². The van der Waals surface area contributed by atoms with Crippen molar-refractivity contribution in [3.05, 3.63) is 15.6 Å². The fourth-order valence-electron chi connectivity index (χ4n) is 3.28. The number of aryl methyl sites for hydroxylation is 2. The molecule has 0 aromatic carbocycles. The van der Waals surface area contributed by atoms with Gasteiger partial charge in [-0.05, 0) is 38.6 Å². The van der Waals surface area contributed by atoms with Crippen LogP contribution in [-0.4, -0.2) is 11.5 Å². The Bertz CT molecular complexity index is 395. The lowest BCUT2D eigenvalue weighted by Crippen LogP contribution is -2.45. The lowest BCUT2D eigenvalue weighted by molar-refractivity contribution is 0.190. The topological polar surface area (TPSA) is 24.9 Å². The van der Waals surface area contributed by atoms with E-state index in [2.05, 4.69) is 33.0 Å². The van der Waals surface area contributed by atoms with Crippen molar-refractivity contribution in [2.45, 2.75) is 65.3 Å². The Kier molecular flexibility index (Phi) is 4.44. The second-order valence-corrected chi connectivity index (χ2v) is 6.89. The fourth-order valence-corrected chi connectivity index (χ4v) is 4.49. The molecule has 1 heterocycles. The Morgan fingerprint density at radius 2 is 2.22 bits per heavy atom. The summed E-state index contributed by atoms with van der Waals surface area (Å²) in [5.74, 6) is 0.812. The van der Waals surface area contributed by atoms with Gasteiger partial charge < -0.3 is 5.32 Å². The van der Waals surface area contributed by atoms with Gasteiger partial charge in [0, 0.05) is 4.88 Å². The van der Waals surface area contributed by atoms with Gasteiger partial charge in [-0.2, -0.15) is 0 Å². The van der Waals surface area contributed by atoms with Crippen LogP contribution in [0.4, 0.5) is 0 Å². The summed E-state index contributed by atoms with van der Waals surface area (Å²) in [7, 11) is 0. The lowest BCUT2D eigenvalue weighted by Gasteiger charge is -2.39. The molecule has 1 N–H and O–H groups in total. The first-order chi connectivity index (χ1) is 8.61. The van der Waals surface area contributed by atoms with Crippen molar-refractivity contribution in [3.63, 3.8) is 0 Å². The molecule has 0 amide bonds. The van der Waals surface area contributed by atoms with Crippen LogP contribution in [0.3, 0.4) is 0 Å². The van der Waals surface area contributed by atoms with E-state index in [1.807, 2.05) is 11.3 Å². The molecule has 0 bridgehead atoms. The van der Waals surface area contributed by atoms with Gasteiger partial charge in [-0.1, -0.05) is 33.6 Å². The molecular formula is C15H26N2S. The van der Waals surface area contributed by atoms with Gasteiger partial charge in [-0.3, -0.25) is 0 Å². The number of aromatic nitrogens is 1. The Balaban J connectivity index is 2.33. The van der Waals surface area contributed by atoms with Crippen LogP contribution in [0.5, 0.6) is 0 Å². The van der Waals surface area contributed by atoms with E-state index in [0.717, 1.165) is 18.9 Å². The van der Waals surface area contributed by atoms with Crippen LogP contribution in [0.2, 0.25) is 0 Å². The molecule has 1 aromatic heterocycles. The maximum atomic E-state index is 4.93. The van der Waals surface area contributed by atoms with E-state index in [-0.39, 0.29) is 5.54 Å². The average Bonchev–Trinajstić information content (AvgIpc) is 2.71. The minimum Gasteiger partial charge on any atom is -0.306 e. The van der Waals surface area contributed by atoms with E-state index in [0.29, 0.717) is 0 Å². The van der Waals surface area contributed by atoms with Crippen LogP contribution in [0.15, 0.2) is 0 Å². The van der Waals surface area contributed by atoms with Crippen molar-refractivity contribution in [3.8, 4) is 0 Å². The molecular weight excluding hydrogens is 240 g/mol. The summed E-state index contributed by atoms with van der Waals surface area (Å²) in [5, 5.41) is 5.10. The molecule has 102 valence electrons. The summed E-state index contributed by atoms with van der Waals surface area (Å²) in [6.07, 6.45) is 6.25. The molecule has 1 aliphatic rings. The molecule has 2 unspecified atom stereocenters. The van der Waals surface area contributed by atoms with E-state index < -0.39 is 0 Å². The minimum absolute atomic E-state index is 0.162. The van der Waals surface area contributed by atoms with Gasteiger partial charge in [0.1, 0.15) is 5.01 Å². The second-order valence-electron chi connectivity index (χ2n) is 5.69. The quantitative estimate of drug-likeness (QED) is 0.890. The van der Waals surface area contributed by atoms with Crippen molar-refractivity contribution < 1.29 is 0 Å². The van der Waals surface area contributed by atoms with Crippen LogP contribution in [0.25, 0.3) is 0 Å². The highest BCUT2D eigenvalue weighted by Crippen LogP contribution is 2.41. The maximum Gasteiger partial charge on any atom is 0.113 e. The monoisotopic (exact) mass is 266 g/mol. The van der Waals surface area contributed by atoms with E-state index in [4.69, 9.17) is 4.98 Å². The summed E-state index contributed by atoms with van der Waals surface area (Å²) in [4.78, 5) is 6.34. The first kappa shape index (κ1) is 14.0. The predicted octanol–water partition coefficient (Wildman–Crippen LogP) is 4.03. The average molecular weight is 266 g/mol. The highest BCUT2D eigenvalue weighted by atomic mass is 32.1. The zero-order chi connectivity index (χ0) is 13.2. The van der Waals surface area contributed by atoms with Crippen LogP contribution >= 0.6 is 11.3 Å². The number of thiazole rings is 1. The normalized spacial score (nSPS) is 28.6. The third-order valence-corrected chi connectivity index (χ3v) is 5.37. The third-order valence-electron chi connectivity index (χ3n) is 4.15. The van der Waals surface area contributed by atoms with Crippen molar-refractivity contribution in [1.82, 2.24) is 10.3 Å². The number of hydrogen-bond acceptors (Lipinski definition) is 3. The Morgan fingerprint density at radius 1 is 1.44 bits per heavy atom. The first-order valence-corrected chi connectivity index (χ1v) is 8.14. The third kappa shape index (κ3) is 2.62. The summed E-state index contributed by atoms with van der Waals surface area (Å²) in [5.41, 5.74) is 1.46. The van der Waals surface area contributed by atoms with Gasteiger partial charge in [0.25, 0.3) is 0 Å². The Hall–Kier alpha value is -0.410. The summed E-state index contributed by atoms with van der Waals surface area (Å²) in [6.45, 7) is 10.0. The maximum absolute atomic E-state index is 4.93. The molecule has 1 aromatic rings. The van der Waals surface area contributed by atoms with E-state index in [1.165, 1.54) is 41.3 Å². The van der Waals surface area contributed by atoms with Crippen molar-refractivity contribution >= 4 is 11.3 Å². The molecule has 2 nitrogen and oxygen atoms in total. The molecule has 1 aliphatic carbocycles. The lowest BCUT2D eigenvalue weighted by atomic mass is 9.76. The molecule has 18 heavy (non-hydrogen) atoms. The van der Waals surface area contributed by atoms with Gasteiger partial charge >= 0.3 is 0 Å². The Labute approximate surface area is 115 Å². The number of nitrogens with one attached hydrogen (secondary N) is 1. The zero-order valence-electron chi connectivity index (χ0n) is 12.2. The second kappa shape index (κ2) is 5.70. The predicted molar refractivity (Wildman–Crippen MR) is 79.2 cm³/mol. The summed E-state index contributed by atoms with van der Waals surface area (Å²) in [6, 6.07) is 0. The van der Waals surface area contributed by atoms with Gasteiger partial charge in [-0.15, -0.1) is 11.3 Å². The van der Waals surface area contributed by atoms with Gasteiger partial charge in [0.2, 0.25) is 0 Å². The van der Waals surface area contributed by atoms with Crippen LogP contribution in [-0.2, 0) is 12.0 Å². The highest BCUT2D eigenvalue weighted by molar-refractivity contribution is 7.11. The smallest absolute Gasteiger partial charge is 0.113 e. The summed E-state index contributed by atoms with van der Waals surface area (Å²) < 4.78 is 0. The van der Waals surface area contributed by atoms with Crippen molar-refractivity contribution in [2.24, 2.45) is 5.92 Å². The molecule has 2 rings (SSSR count). The standard InChI is InChI=1S/C15H26N2S/c1-5-13-12(4)18-14(17-13)15(16-6-2)9-7-8-11(3)10-15/h11,16H,5-10H2,1-4H3. The molecule has 1 saturated carbocycles. The Morgan fingerprint density at radius 3 is 2.78 bits per heavy atom. The summed E-state index contributed by atoms with van der Waals surface area (Å²) >= 11 is 1.91. The van der Waals surface area contributed by atoms with Crippen LogP contribution in [0, 0.1) is 12.8 Å². The first-order valence-electron chi connectivity index (χ1n) is 7.33. The van der Waals surface area contributed by atoms with Gasteiger partial charge in [-0.25, -0.2) is 4.98 Å². The zero-order valence-corrected chi connectivity index (χ0v) is 13.0. The van der Waals surface area contributed by atoms with E-state index in [1.54, 1.807) is 0 Å². The molecule has 0 saturated heterocycles. The van der Waals surface area contributed by atoms with E-state index in [9.17, 15) is 0 Å². The molecule has 0 aliphatic heterocycles.